The Morgan fingerprint density at radius 2 is 1.83 bits per heavy atom. The number of hydrogen-bond acceptors (Lipinski definition) is 2. The van der Waals surface area contributed by atoms with Crippen molar-refractivity contribution in [3.63, 3.8) is 0 Å². The van der Waals surface area contributed by atoms with Crippen LogP contribution in [-0.4, -0.2) is 33.7 Å². The van der Waals surface area contributed by atoms with Crippen molar-refractivity contribution < 1.29 is 4.79 Å². The molecular formula is C19H25N3O. The van der Waals surface area contributed by atoms with Gasteiger partial charge in [-0.3, -0.25) is 9.48 Å². The first kappa shape index (κ1) is 15.8. The van der Waals surface area contributed by atoms with Gasteiger partial charge in [-0.15, -0.1) is 0 Å². The van der Waals surface area contributed by atoms with Crippen LogP contribution in [0.2, 0.25) is 0 Å². The summed E-state index contributed by atoms with van der Waals surface area (Å²) in [6, 6.07) is 12.4. The quantitative estimate of drug-likeness (QED) is 0.870. The zero-order valence-corrected chi connectivity index (χ0v) is 14.2. The van der Waals surface area contributed by atoms with Crippen LogP contribution in [0.25, 0.3) is 0 Å². The highest BCUT2D eigenvalue weighted by Crippen LogP contribution is 2.28. The summed E-state index contributed by atoms with van der Waals surface area (Å²) < 4.78 is 1.85. The fourth-order valence-corrected chi connectivity index (χ4v) is 3.57. The van der Waals surface area contributed by atoms with E-state index in [0.717, 1.165) is 37.3 Å². The van der Waals surface area contributed by atoms with Gasteiger partial charge in [0.1, 0.15) is 6.04 Å². The third kappa shape index (κ3) is 3.31. The highest BCUT2D eigenvalue weighted by Gasteiger charge is 2.28. The van der Waals surface area contributed by atoms with Crippen LogP contribution in [0.15, 0.2) is 36.4 Å². The second-order valence-corrected chi connectivity index (χ2v) is 6.56. The fraction of sp³-hybridized carbons (Fsp3) is 0.474. The predicted octanol–water partition coefficient (Wildman–Crippen LogP) is 3.47. The van der Waals surface area contributed by atoms with Crippen molar-refractivity contribution in [3.8, 4) is 0 Å². The molecule has 4 heteroatoms. The third-order valence-electron chi connectivity index (χ3n) is 4.85. The third-order valence-corrected chi connectivity index (χ3v) is 4.85. The van der Waals surface area contributed by atoms with Crippen LogP contribution < -0.4 is 0 Å². The van der Waals surface area contributed by atoms with Gasteiger partial charge in [0.2, 0.25) is 5.91 Å². The molecule has 122 valence electrons. The fourth-order valence-electron chi connectivity index (χ4n) is 3.57. The van der Waals surface area contributed by atoms with Gasteiger partial charge in [0.15, 0.2) is 0 Å². The van der Waals surface area contributed by atoms with Crippen LogP contribution in [0.3, 0.4) is 0 Å². The van der Waals surface area contributed by atoms with E-state index < -0.39 is 0 Å². The first-order valence-electron chi connectivity index (χ1n) is 8.42. The number of aromatic nitrogens is 2. The van der Waals surface area contributed by atoms with Crippen LogP contribution in [-0.2, 0) is 4.79 Å². The lowest BCUT2D eigenvalue weighted by Crippen LogP contribution is -2.41. The predicted molar refractivity (Wildman–Crippen MR) is 91.4 cm³/mol. The lowest BCUT2D eigenvalue weighted by Gasteiger charge is -2.34. The van der Waals surface area contributed by atoms with Crippen LogP contribution in [0.4, 0.5) is 0 Å². The summed E-state index contributed by atoms with van der Waals surface area (Å²) in [5, 5.41) is 4.46. The highest BCUT2D eigenvalue weighted by atomic mass is 16.2. The van der Waals surface area contributed by atoms with Gasteiger partial charge in [-0.25, -0.2) is 0 Å². The maximum atomic E-state index is 12.8. The molecular weight excluding hydrogens is 286 g/mol. The molecule has 2 aromatic rings. The molecule has 1 aromatic heterocycles. The number of benzene rings is 1. The molecule has 3 rings (SSSR count). The first-order valence-corrected chi connectivity index (χ1v) is 8.42. The SMILES string of the molecule is Cc1cc(C)n([C@H](C)C(=O)N2CCC(c3ccccc3)CC2)n1. The number of aryl methyl sites for hydroxylation is 2. The Morgan fingerprint density at radius 3 is 2.39 bits per heavy atom. The molecule has 1 fully saturated rings. The van der Waals surface area contributed by atoms with Crippen molar-refractivity contribution in [2.45, 2.75) is 45.6 Å². The molecule has 1 aliphatic heterocycles. The summed E-state index contributed by atoms with van der Waals surface area (Å²) in [5.74, 6) is 0.756. The number of amides is 1. The van der Waals surface area contributed by atoms with Crippen LogP contribution >= 0.6 is 0 Å². The average molecular weight is 311 g/mol. The largest absolute Gasteiger partial charge is 0.341 e. The first-order chi connectivity index (χ1) is 11.1. The van der Waals surface area contributed by atoms with Gasteiger partial charge in [-0.05, 0) is 51.2 Å². The van der Waals surface area contributed by atoms with E-state index in [1.54, 1.807) is 0 Å². The molecule has 1 aliphatic rings. The Morgan fingerprint density at radius 1 is 1.17 bits per heavy atom. The van der Waals surface area contributed by atoms with Gasteiger partial charge in [0.25, 0.3) is 0 Å². The normalized spacial score (nSPS) is 17.3. The maximum absolute atomic E-state index is 12.8. The number of likely N-dealkylation sites (tertiary alicyclic amines) is 1. The van der Waals surface area contributed by atoms with E-state index in [2.05, 4.69) is 35.4 Å². The monoisotopic (exact) mass is 311 g/mol. The van der Waals surface area contributed by atoms with Crippen molar-refractivity contribution in [1.29, 1.82) is 0 Å². The lowest BCUT2D eigenvalue weighted by molar-refractivity contribution is -0.135. The van der Waals surface area contributed by atoms with Gasteiger partial charge in [0, 0.05) is 18.8 Å². The Hall–Kier alpha value is -2.10. The molecule has 1 amide bonds. The van der Waals surface area contributed by atoms with Crippen molar-refractivity contribution >= 4 is 5.91 Å². The van der Waals surface area contributed by atoms with E-state index in [-0.39, 0.29) is 11.9 Å². The Kier molecular flexibility index (Phi) is 4.51. The minimum absolute atomic E-state index is 0.183. The smallest absolute Gasteiger partial charge is 0.247 e. The van der Waals surface area contributed by atoms with Gasteiger partial charge in [-0.2, -0.15) is 5.10 Å². The minimum Gasteiger partial charge on any atom is -0.341 e. The Labute approximate surface area is 138 Å². The molecule has 0 spiro atoms. The molecule has 0 N–H and O–H groups in total. The second-order valence-electron chi connectivity index (χ2n) is 6.56. The molecule has 0 bridgehead atoms. The molecule has 1 saturated heterocycles. The van der Waals surface area contributed by atoms with E-state index >= 15 is 0 Å². The summed E-state index contributed by atoms with van der Waals surface area (Å²) >= 11 is 0. The molecule has 0 unspecified atom stereocenters. The summed E-state index contributed by atoms with van der Waals surface area (Å²) in [6.45, 7) is 7.59. The van der Waals surface area contributed by atoms with Crippen molar-refractivity contribution in [2.75, 3.05) is 13.1 Å². The Balaban J connectivity index is 1.63. The number of piperidine rings is 1. The topological polar surface area (TPSA) is 38.1 Å². The minimum atomic E-state index is -0.225. The molecule has 1 atom stereocenters. The summed E-state index contributed by atoms with van der Waals surface area (Å²) in [4.78, 5) is 14.8. The van der Waals surface area contributed by atoms with E-state index in [1.807, 2.05) is 36.4 Å². The standard InChI is InChI=1S/C19H25N3O/c1-14-13-15(2)22(20-14)16(3)19(23)21-11-9-18(10-12-21)17-7-5-4-6-8-17/h4-8,13,16,18H,9-12H2,1-3H3/t16-/m1/s1. The Bertz CT molecular complexity index is 669. The van der Waals surface area contributed by atoms with E-state index in [1.165, 1.54) is 5.56 Å². The van der Waals surface area contributed by atoms with Crippen molar-refractivity contribution in [2.24, 2.45) is 0 Å². The molecule has 23 heavy (non-hydrogen) atoms. The number of rotatable bonds is 3. The highest BCUT2D eigenvalue weighted by molar-refractivity contribution is 5.80. The second kappa shape index (κ2) is 6.57. The lowest BCUT2D eigenvalue weighted by atomic mass is 9.89. The van der Waals surface area contributed by atoms with Crippen LogP contribution in [0, 0.1) is 13.8 Å². The molecule has 0 radical (unpaired) electrons. The number of hydrogen-bond donors (Lipinski definition) is 0. The van der Waals surface area contributed by atoms with Gasteiger partial charge in [0.05, 0.1) is 5.69 Å². The van der Waals surface area contributed by atoms with Crippen LogP contribution in [0.5, 0.6) is 0 Å². The van der Waals surface area contributed by atoms with Crippen molar-refractivity contribution in [3.05, 3.63) is 53.3 Å². The molecule has 0 aliphatic carbocycles. The summed E-state index contributed by atoms with van der Waals surface area (Å²) in [7, 11) is 0. The van der Waals surface area contributed by atoms with Gasteiger partial charge < -0.3 is 4.90 Å². The van der Waals surface area contributed by atoms with Crippen LogP contribution in [0.1, 0.15) is 48.7 Å². The molecule has 1 aromatic carbocycles. The molecule has 0 saturated carbocycles. The van der Waals surface area contributed by atoms with Crippen molar-refractivity contribution in [1.82, 2.24) is 14.7 Å². The van der Waals surface area contributed by atoms with Gasteiger partial charge >= 0.3 is 0 Å². The zero-order chi connectivity index (χ0) is 16.4. The summed E-state index contributed by atoms with van der Waals surface area (Å²) in [5.41, 5.74) is 3.40. The average Bonchev–Trinajstić information content (AvgIpc) is 2.93. The zero-order valence-electron chi connectivity index (χ0n) is 14.2. The van der Waals surface area contributed by atoms with E-state index in [9.17, 15) is 4.79 Å². The number of nitrogens with zero attached hydrogens (tertiary/aromatic N) is 3. The van der Waals surface area contributed by atoms with E-state index in [0.29, 0.717) is 5.92 Å². The molecule has 4 nitrogen and oxygen atoms in total. The van der Waals surface area contributed by atoms with Gasteiger partial charge in [-0.1, -0.05) is 30.3 Å². The number of carbonyl (C=O) groups excluding carboxylic acids is 1. The maximum Gasteiger partial charge on any atom is 0.247 e. The van der Waals surface area contributed by atoms with E-state index in [4.69, 9.17) is 0 Å². The number of carbonyl (C=O) groups is 1. The summed E-state index contributed by atoms with van der Waals surface area (Å²) in [6.07, 6.45) is 2.08. The molecule has 2 heterocycles.